The highest BCUT2D eigenvalue weighted by molar-refractivity contribution is 6.51. The summed E-state index contributed by atoms with van der Waals surface area (Å²) >= 11 is 0. The van der Waals surface area contributed by atoms with Gasteiger partial charge in [0.15, 0.2) is 0 Å². The molecule has 0 radical (unpaired) electrons. The quantitative estimate of drug-likeness (QED) is 0.241. The van der Waals surface area contributed by atoms with Crippen LogP contribution < -0.4 is 19.1 Å². The molecule has 0 spiro atoms. The number of aryl methyl sites for hydroxylation is 2. The van der Waals surface area contributed by atoms with Crippen LogP contribution in [-0.2, 0) is 9.59 Å². The summed E-state index contributed by atoms with van der Waals surface area (Å²) in [7, 11) is 1.55. The van der Waals surface area contributed by atoms with E-state index in [1.54, 1.807) is 43.5 Å². The third-order valence-electron chi connectivity index (χ3n) is 6.44. The van der Waals surface area contributed by atoms with Crippen molar-refractivity contribution in [3.63, 3.8) is 0 Å². The lowest BCUT2D eigenvalue weighted by atomic mass is 9.94. The Bertz CT molecular complexity index is 1380. The van der Waals surface area contributed by atoms with Crippen molar-refractivity contribution in [3.05, 3.63) is 88.5 Å². The number of aliphatic hydroxyl groups is 1. The van der Waals surface area contributed by atoms with Crippen LogP contribution in [0.15, 0.2) is 66.2 Å². The summed E-state index contributed by atoms with van der Waals surface area (Å²) in [4.78, 5) is 28.4. The SMILES string of the molecule is CCOc1ccc(/C(O)=C2/C(=O)C(=O)N(c3ccc(C)c(C)c3)C2c2cccc(OC)c2)c(OCC)c1. The van der Waals surface area contributed by atoms with E-state index in [2.05, 4.69) is 0 Å². The Morgan fingerprint density at radius 1 is 0.892 bits per heavy atom. The Hall–Kier alpha value is -4.26. The van der Waals surface area contributed by atoms with Gasteiger partial charge in [-0.05, 0) is 80.8 Å². The molecule has 1 amide bonds. The molecule has 4 rings (SSSR count). The lowest BCUT2D eigenvalue weighted by molar-refractivity contribution is -0.132. The standard InChI is InChI=1S/C30H31NO6/c1-6-36-23-13-14-24(25(17-23)37-7-2)28(32)26-27(20-9-8-10-22(16-20)35-5)31(30(34)29(26)33)21-12-11-18(3)19(4)15-21/h8-17,27,32H,6-7H2,1-5H3/b28-26-. The smallest absolute Gasteiger partial charge is 0.300 e. The van der Waals surface area contributed by atoms with Crippen LogP contribution in [0.1, 0.15) is 42.1 Å². The van der Waals surface area contributed by atoms with Gasteiger partial charge in [-0.3, -0.25) is 14.5 Å². The number of carbonyl (C=O) groups is 2. The zero-order valence-corrected chi connectivity index (χ0v) is 21.7. The van der Waals surface area contributed by atoms with E-state index in [0.717, 1.165) is 11.1 Å². The summed E-state index contributed by atoms with van der Waals surface area (Å²) in [5.41, 5.74) is 3.51. The Kier molecular flexibility index (Phi) is 7.53. The van der Waals surface area contributed by atoms with Crippen LogP contribution >= 0.6 is 0 Å². The number of amides is 1. The summed E-state index contributed by atoms with van der Waals surface area (Å²) < 4.78 is 16.8. The normalized spacial score (nSPS) is 16.7. The van der Waals surface area contributed by atoms with Gasteiger partial charge in [0.05, 0.1) is 37.5 Å². The molecule has 7 heteroatoms. The first-order valence-corrected chi connectivity index (χ1v) is 12.2. The number of hydrogen-bond acceptors (Lipinski definition) is 6. The number of nitrogens with zero attached hydrogens (tertiary/aromatic N) is 1. The second-order valence-electron chi connectivity index (χ2n) is 8.74. The van der Waals surface area contributed by atoms with Gasteiger partial charge >= 0.3 is 0 Å². The van der Waals surface area contributed by atoms with Gasteiger partial charge < -0.3 is 19.3 Å². The van der Waals surface area contributed by atoms with Gasteiger partial charge in [0.1, 0.15) is 23.0 Å². The van der Waals surface area contributed by atoms with Gasteiger partial charge in [-0.2, -0.15) is 0 Å². The van der Waals surface area contributed by atoms with Gasteiger partial charge in [-0.1, -0.05) is 18.2 Å². The largest absolute Gasteiger partial charge is 0.507 e. The molecule has 1 unspecified atom stereocenters. The summed E-state index contributed by atoms with van der Waals surface area (Å²) in [6, 6.07) is 16.9. The number of ketones is 1. The Balaban J connectivity index is 1.96. The molecule has 0 aromatic heterocycles. The van der Waals surface area contributed by atoms with Crippen molar-refractivity contribution >= 4 is 23.1 Å². The van der Waals surface area contributed by atoms with Crippen molar-refractivity contribution in [1.82, 2.24) is 0 Å². The number of anilines is 1. The Labute approximate surface area is 216 Å². The second kappa shape index (κ2) is 10.8. The van der Waals surface area contributed by atoms with Gasteiger partial charge in [-0.15, -0.1) is 0 Å². The van der Waals surface area contributed by atoms with Gasteiger partial charge in [0.2, 0.25) is 0 Å². The Morgan fingerprint density at radius 2 is 1.65 bits per heavy atom. The monoisotopic (exact) mass is 501 g/mol. The third kappa shape index (κ3) is 4.89. The highest BCUT2D eigenvalue weighted by atomic mass is 16.5. The maximum Gasteiger partial charge on any atom is 0.300 e. The predicted octanol–water partition coefficient (Wildman–Crippen LogP) is 5.74. The molecule has 1 aliphatic heterocycles. The molecule has 1 saturated heterocycles. The lowest BCUT2D eigenvalue weighted by Gasteiger charge is -2.26. The van der Waals surface area contributed by atoms with E-state index in [9.17, 15) is 14.7 Å². The molecule has 1 N–H and O–H groups in total. The van der Waals surface area contributed by atoms with E-state index in [4.69, 9.17) is 14.2 Å². The van der Waals surface area contributed by atoms with Crippen molar-refractivity contribution in [2.24, 2.45) is 0 Å². The fourth-order valence-electron chi connectivity index (χ4n) is 4.48. The van der Waals surface area contributed by atoms with Crippen LogP contribution in [0.2, 0.25) is 0 Å². The van der Waals surface area contributed by atoms with Crippen molar-refractivity contribution in [3.8, 4) is 17.2 Å². The molecule has 192 valence electrons. The summed E-state index contributed by atoms with van der Waals surface area (Å²) in [6.07, 6.45) is 0. The van der Waals surface area contributed by atoms with Crippen LogP contribution in [0.25, 0.3) is 5.76 Å². The van der Waals surface area contributed by atoms with Crippen molar-refractivity contribution in [2.45, 2.75) is 33.7 Å². The average Bonchev–Trinajstić information content (AvgIpc) is 3.16. The molecule has 1 heterocycles. The molecule has 3 aromatic rings. The van der Waals surface area contributed by atoms with Crippen molar-refractivity contribution < 1.29 is 28.9 Å². The highest BCUT2D eigenvalue weighted by Gasteiger charge is 2.47. The minimum absolute atomic E-state index is 0.0263. The molecule has 37 heavy (non-hydrogen) atoms. The summed E-state index contributed by atoms with van der Waals surface area (Å²) in [5, 5.41) is 11.6. The first kappa shape index (κ1) is 25.8. The molecule has 1 aliphatic rings. The van der Waals surface area contributed by atoms with Gasteiger partial charge in [0.25, 0.3) is 11.7 Å². The number of hydrogen-bond donors (Lipinski definition) is 1. The zero-order valence-electron chi connectivity index (χ0n) is 21.7. The van der Waals surface area contributed by atoms with Crippen LogP contribution in [0.4, 0.5) is 5.69 Å². The Morgan fingerprint density at radius 3 is 2.32 bits per heavy atom. The van der Waals surface area contributed by atoms with Crippen molar-refractivity contribution in [2.75, 3.05) is 25.2 Å². The van der Waals surface area contributed by atoms with E-state index in [1.807, 2.05) is 52.0 Å². The molecule has 1 atom stereocenters. The lowest BCUT2D eigenvalue weighted by Crippen LogP contribution is -2.29. The molecule has 3 aromatic carbocycles. The van der Waals surface area contributed by atoms with Crippen molar-refractivity contribution in [1.29, 1.82) is 0 Å². The minimum Gasteiger partial charge on any atom is -0.507 e. The first-order chi connectivity index (χ1) is 17.8. The second-order valence-corrected chi connectivity index (χ2v) is 8.74. The van der Waals surface area contributed by atoms with Crippen LogP contribution in [0.3, 0.4) is 0 Å². The first-order valence-electron chi connectivity index (χ1n) is 12.2. The number of ether oxygens (including phenoxy) is 3. The highest BCUT2D eigenvalue weighted by Crippen LogP contribution is 2.44. The van der Waals surface area contributed by atoms with E-state index in [0.29, 0.717) is 47.3 Å². The van der Waals surface area contributed by atoms with Crippen LogP contribution in [0, 0.1) is 13.8 Å². The number of benzene rings is 3. The number of rotatable bonds is 8. The fraction of sp³-hybridized carbons (Fsp3) is 0.267. The average molecular weight is 502 g/mol. The number of Topliss-reactive ketones (excluding diaryl/α,β-unsaturated/α-hetero) is 1. The minimum atomic E-state index is -0.877. The third-order valence-corrected chi connectivity index (χ3v) is 6.44. The molecular formula is C30H31NO6. The van der Waals surface area contributed by atoms with E-state index < -0.39 is 17.7 Å². The number of methoxy groups -OCH3 is 1. The predicted molar refractivity (Wildman–Crippen MR) is 142 cm³/mol. The van der Waals surface area contributed by atoms with E-state index in [-0.39, 0.29) is 11.3 Å². The van der Waals surface area contributed by atoms with Crippen LogP contribution in [-0.4, -0.2) is 37.1 Å². The van der Waals surface area contributed by atoms with Gasteiger partial charge in [0, 0.05) is 11.8 Å². The molecule has 7 nitrogen and oxygen atoms in total. The fourth-order valence-corrected chi connectivity index (χ4v) is 4.48. The zero-order chi connectivity index (χ0) is 26.7. The molecular weight excluding hydrogens is 470 g/mol. The van der Waals surface area contributed by atoms with Crippen LogP contribution in [0.5, 0.6) is 17.2 Å². The van der Waals surface area contributed by atoms with Gasteiger partial charge in [-0.25, -0.2) is 0 Å². The molecule has 0 saturated carbocycles. The molecule has 1 fully saturated rings. The number of carbonyl (C=O) groups excluding carboxylic acids is 2. The molecule has 0 aliphatic carbocycles. The summed E-state index contributed by atoms with van der Waals surface area (Å²) in [6.45, 7) is 8.43. The number of aliphatic hydroxyl groups excluding tert-OH is 1. The topological polar surface area (TPSA) is 85.3 Å². The maximum atomic E-state index is 13.5. The molecule has 0 bridgehead atoms. The van der Waals surface area contributed by atoms with E-state index in [1.165, 1.54) is 4.90 Å². The summed E-state index contributed by atoms with van der Waals surface area (Å²) in [5.74, 6) is -0.320. The van der Waals surface area contributed by atoms with E-state index >= 15 is 0 Å². The maximum absolute atomic E-state index is 13.5.